The van der Waals surface area contributed by atoms with Gasteiger partial charge in [-0.1, -0.05) is 6.92 Å². The van der Waals surface area contributed by atoms with E-state index in [-0.39, 0.29) is 5.91 Å². The van der Waals surface area contributed by atoms with Crippen LogP contribution >= 0.6 is 0 Å². The molecule has 0 spiro atoms. The molecular formula is C15H21N5O. The van der Waals surface area contributed by atoms with Gasteiger partial charge in [-0.2, -0.15) is 5.10 Å². The van der Waals surface area contributed by atoms with Gasteiger partial charge in [0.1, 0.15) is 5.69 Å². The molecule has 3 rings (SSSR count). The molecule has 21 heavy (non-hydrogen) atoms. The topological polar surface area (TPSA) is 74.7 Å². The summed E-state index contributed by atoms with van der Waals surface area (Å²) in [6.45, 7) is 4.05. The van der Waals surface area contributed by atoms with Gasteiger partial charge in [0, 0.05) is 24.0 Å². The summed E-state index contributed by atoms with van der Waals surface area (Å²) in [5.74, 6) is 0.475. The van der Waals surface area contributed by atoms with E-state index in [1.54, 1.807) is 0 Å². The van der Waals surface area contributed by atoms with Crippen molar-refractivity contribution >= 4 is 11.7 Å². The van der Waals surface area contributed by atoms with Crippen LogP contribution in [0.4, 0.5) is 5.82 Å². The van der Waals surface area contributed by atoms with Gasteiger partial charge in [0.2, 0.25) is 0 Å². The number of hydrogen-bond acceptors (Lipinski definition) is 3. The summed E-state index contributed by atoms with van der Waals surface area (Å²) in [5.41, 5.74) is 1.71. The molecule has 0 unspecified atom stereocenters. The first kappa shape index (κ1) is 13.9. The molecule has 3 heterocycles. The molecule has 0 aromatic carbocycles. The molecule has 1 aliphatic rings. The second kappa shape index (κ2) is 6.13. The minimum Gasteiger partial charge on any atom is -0.340 e. The van der Waals surface area contributed by atoms with E-state index in [0.717, 1.165) is 38.0 Å². The summed E-state index contributed by atoms with van der Waals surface area (Å²) >= 11 is 0. The van der Waals surface area contributed by atoms with Crippen molar-refractivity contribution in [3.05, 3.63) is 35.8 Å². The molecule has 1 amide bonds. The van der Waals surface area contributed by atoms with Crippen LogP contribution in [0.5, 0.6) is 0 Å². The standard InChI is InChI=1S/C15H21N5O/c1-2-11-10-14(19-18-11)17-15(21)13-4-3-9-20(13)12-5-7-16-8-6-12/h3-4,9-10,12,16H,2,5-8H2,1H3,(H2,17,18,19,21). The molecule has 2 aromatic heterocycles. The Labute approximate surface area is 123 Å². The molecule has 1 saturated heterocycles. The predicted octanol–water partition coefficient (Wildman–Crippen LogP) is 1.95. The first-order valence-electron chi connectivity index (χ1n) is 7.51. The molecular weight excluding hydrogens is 266 g/mol. The van der Waals surface area contributed by atoms with Crippen LogP contribution < -0.4 is 10.6 Å². The maximum absolute atomic E-state index is 12.4. The molecule has 1 fully saturated rings. The van der Waals surface area contributed by atoms with Crippen molar-refractivity contribution in [1.82, 2.24) is 20.1 Å². The molecule has 3 N–H and O–H groups in total. The quantitative estimate of drug-likeness (QED) is 0.804. The molecule has 0 bridgehead atoms. The van der Waals surface area contributed by atoms with Gasteiger partial charge in [-0.3, -0.25) is 9.89 Å². The number of nitrogens with zero attached hydrogens (tertiary/aromatic N) is 2. The number of aryl methyl sites for hydroxylation is 1. The van der Waals surface area contributed by atoms with Gasteiger partial charge >= 0.3 is 0 Å². The number of amides is 1. The Morgan fingerprint density at radius 2 is 2.29 bits per heavy atom. The number of piperidine rings is 1. The van der Waals surface area contributed by atoms with Crippen LogP contribution in [0.2, 0.25) is 0 Å². The Morgan fingerprint density at radius 1 is 1.48 bits per heavy atom. The van der Waals surface area contributed by atoms with Gasteiger partial charge < -0.3 is 15.2 Å². The van der Waals surface area contributed by atoms with Crippen LogP contribution in [-0.4, -0.2) is 33.8 Å². The molecule has 2 aromatic rings. The Bertz CT molecular complexity index is 609. The van der Waals surface area contributed by atoms with Gasteiger partial charge in [0.25, 0.3) is 5.91 Å². The molecule has 6 nitrogen and oxygen atoms in total. The van der Waals surface area contributed by atoms with Gasteiger partial charge in [-0.15, -0.1) is 0 Å². The van der Waals surface area contributed by atoms with Crippen molar-refractivity contribution in [3.63, 3.8) is 0 Å². The van der Waals surface area contributed by atoms with Crippen molar-refractivity contribution < 1.29 is 4.79 Å². The number of aromatic nitrogens is 3. The fourth-order valence-electron chi connectivity index (χ4n) is 2.78. The fourth-order valence-corrected chi connectivity index (χ4v) is 2.78. The number of carbonyl (C=O) groups is 1. The summed E-state index contributed by atoms with van der Waals surface area (Å²) in [5, 5.41) is 13.2. The third kappa shape index (κ3) is 3.00. The Kier molecular flexibility index (Phi) is 4.06. The van der Waals surface area contributed by atoms with Gasteiger partial charge in [-0.05, 0) is 44.5 Å². The second-order valence-corrected chi connectivity index (χ2v) is 5.37. The van der Waals surface area contributed by atoms with E-state index in [1.165, 1.54) is 0 Å². The highest BCUT2D eigenvalue weighted by atomic mass is 16.2. The third-order valence-electron chi connectivity index (χ3n) is 3.97. The average Bonchev–Trinajstić information content (AvgIpc) is 3.17. The smallest absolute Gasteiger partial charge is 0.273 e. The van der Waals surface area contributed by atoms with Crippen LogP contribution in [-0.2, 0) is 6.42 Å². The van der Waals surface area contributed by atoms with Crippen LogP contribution in [0.25, 0.3) is 0 Å². The Balaban J connectivity index is 1.74. The minimum absolute atomic E-state index is 0.104. The second-order valence-electron chi connectivity index (χ2n) is 5.37. The highest BCUT2D eigenvalue weighted by molar-refractivity contribution is 6.02. The third-order valence-corrected chi connectivity index (χ3v) is 3.97. The highest BCUT2D eigenvalue weighted by Gasteiger charge is 2.20. The van der Waals surface area contributed by atoms with Gasteiger partial charge in [0.05, 0.1) is 0 Å². The molecule has 0 aliphatic carbocycles. The largest absolute Gasteiger partial charge is 0.340 e. The lowest BCUT2D eigenvalue weighted by atomic mass is 10.1. The summed E-state index contributed by atoms with van der Waals surface area (Å²) in [4.78, 5) is 12.4. The van der Waals surface area contributed by atoms with Crippen LogP contribution in [0.1, 0.15) is 42.0 Å². The van der Waals surface area contributed by atoms with E-state index in [4.69, 9.17) is 0 Å². The zero-order valence-corrected chi connectivity index (χ0v) is 12.2. The van der Waals surface area contributed by atoms with E-state index in [9.17, 15) is 4.79 Å². The van der Waals surface area contributed by atoms with E-state index < -0.39 is 0 Å². The van der Waals surface area contributed by atoms with E-state index in [1.807, 2.05) is 31.3 Å². The Hall–Kier alpha value is -2.08. The van der Waals surface area contributed by atoms with Gasteiger partial charge in [-0.25, -0.2) is 0 Å². The van der Waals surface area contributed by atoms with Gasteiger partial charge in [0.15, 0.2) is 5.82 Å². The number of hydrogen-bond donors (Lipinski definition) is 3. The number of carbonyl (C=O) groups excluding carboxylic acids is 1. The molecule has 6 heteroatoms. The lowest BCUT2D eigenvalue weighted by Gasteiger charge is -2.25. The zero-order chi connectivity index (χ0) is 14.7. The molecule has 0 atom stereocenters. The summed E-state index contributed by atoms with van der Waals surface area (Å²) in [7, 11) is 0. The first-order chi connectivity index (χ1) is 10.3. The van der Waals surface area contributed by atoms with Crippen molar-refractivity contribution in [2.75, 3.05) is 18.4 Å². The molecule has 0 radical (unpaired) electrons. The average molecular weight is 287 g/mol. The maximum Gasteiger partial charge on any atom is 0.273 e. The van der Waals surface area contributed by atoms with Crippen LogP contribution in [0, 0.1) is 0 Å². The van der Waals surface area contributed by atoms with Crippen molar-refractivity contribution in [1.29, 1.82) is 0 Å². The number of H-pyrrole nitrogens is 1. The Morgan fingerprint density at radius 3 is 3.00 bits per heavy atom. The normalized spacial score (nSPS) is 16.0. The highest BCUT2D eigenvalue weighted by Crippen LogP contribution is 2.21. The minimum atomic E-state index is -0.104. The molecule has 112 valence electrons. The molecule has 1 aliphatic heterocycles. The maximum atomic E-state index is 12.4. The number of anilines is 1. The number of nitrogens with one attached hydrogen (secondary N) is 3. The summed E-state index contributed by atoms with van der Waals surface area (Å²) < 4.78 is 2.09. The monoisotopic (exact) mass is 287 g/mol. The van der Waals surface area contributed by atoms with Crippen molar-refractivity contribution in [2.45, 2.75) is 32.2 Å². The van der Waals surface area contributed by atoms with E-state index in [0.29, 0.717) is 17.6 Å². The van der Waals surface area contributed by atoms with Crippen LogP contribution in [0.15, 0.2) is 24.4 Å². The molecule has 0 saturated carbocycles. The summed E-state index contributed by atoms with van der Waals surface area (Å²) in [6.07, 6.45) is 4.97. The fraction of sp³-hybridized carbons (Fsp3) is 0.467. The number of aromatic amines is 1. The van der Waals surface area contributed by atoms with Crippen LogP contribution in [0.3, 0.4) is 0 Å². The van der Waals surface area contributed by atoms with E-state index in [2.05, 4.69) is 25.4 Å². The van der Waals surface area contributed by atoms with Crippen molar-refractivity contribution in [2.24, 2.45) is 0 Å². The predicted molar refractivity (Wildman–Crippen MR) is 81.5 cm³/mol. The summed E-state index contributed by atoms with van der Waals surface area (Å²) in [6, 6.07) is 6.06. The number of rotatable bonds is 4. The SMILES string of the molecule is CCc1cc(NC(=O)c2cccn2C2CCNCC2)n[nH]1. The lowest BCUT2D eigenvalue weighted by molar-refractivity contribution is 0.101. The first-order valence-corrected chi connectivity index (χ1v) is 7.51. The van der Waals surface area contributed by atoms with Crippen molar-refractivity contribution in [3.8, 4) is 0 Å². The van der Waals surface area contributed by atoms with E-state index >= 15 is 0 Å². The zero-order valence-electron chi connectivity index (χ0n) is 12.2. The lowest BCUT2D eigenvalue weighted by Crippen LogP contribution is -2.31.